The number of rotatable bonds is 4. The zero-order valence-corrected chi connectivity index (χ0v) is 12.5. The van der Waals surface area contributed by atoms with Crippen molar-refractivity contribution in [3.63, 3.8) is 0 Å². The van der Waals surface area contributed by atoms with Gasteiger partial charge in [-0.3, -0.25) is 0 Å². The Kier molecular flexibility index (Phi) is 3.79. The molecule has 1 aliphatic heterocycles. The summed E-state index contributed by atoms with van der Waals surface area (Å²) in [5.41, 5.74) is 0. The lowest BCUT2D eigenvalue weighted by molar-refractivity contribution is 0.0656. The first-order valence-electron chi connectivity index (χ1n) is 7.35. The van der Waals surface area contributed by atoms with Crippen molar-refractivity contribution in [2.24, 2.45) is 5.92 Å². The van der Waals surface area contributed by atoms with E-state index in [0.29, 0.717) is 12.5 Å². The van der Waals surface area contributed by atoms with E-state index >= 15 is 0 Å². The lowest BCUT2D eigenvalue weighted by atomic mass is 9.97. The van der Waals surface area contributed by atoms with Crippen LogP contribution >= 0.6 is 0 Å². The van der Waals surface area contributed by atoms with Crippen LogP contribution in [0.25, 0.3) is 0 Å². The van der Waals surface area contributed by atoms with Crippen LogP contribution in [0.15, 0.2) is 21.6 Å². The molecule has 2 aliphatic rings. The first-order chi connectivity index (χ1) is 10.00. The molecule has 1 aromatic heterocycles. The van der Waals surface area contributed by atoms with Gasteiger partial charge >= 0.3 is 5.97 Å². The van der Waals surface area contributed by atoms with Gasteiger partial charge in [0.15, 0.2) is 0 Å². The molecule has 0 spiro atoms. The number of hydrogen-bond donors (Lipinski definition) is 1. The van der Waals surface area contributed by atoms with Crippen LogP contribution in [0, 0.1) is 5.92 Å². The maximum absolute atomic E-state index is 12.7. The standard InChI is InChI=1S/C14H19NO5S/c16-14(17)12-7-8-13(20-12)21(18,19)15-9-3-6-11(15)10-4-1-2-5-10/h7-8,10-11H,1-6,9H2,(H,16,17). The minimum absolute atomic E-state index is 0.0379. The van der Waals surface area contributed by atoms with Crippen molar-refractivity contribution in [1.82, 2.24) is 4.31 Å². The Hall–Kier alpha value is -1.34. The maximum Gasteiger partial charge on any atom is 0.371 e. The fourth-order valence-electron chi connectivity index (χ4n) is 3.57. The highest BCUT2D eigenvalue weighted by Crippen LogP contribution is 2.38. The average Bonchev–Trinajstić information content (AvgIpc) is 3.19. The van der Waals surface area contributed by atoms with Crippen LogP contribution in [0.2, 0.25) is 0 Å². The smallest absolute Gasteiger partial charge is 0.371 e. The second kappa shape index (κ2) is 5.46. The van der Waals surface area contributed by atoms with Crippen LogP contribution in [0.3, 0.4) is 0 Å². The lowest BCUT2D eigenvalue weighted by Gasteiger charge is -2.27. The van der Waals surface area contributed by atoms with Crippen molar-refractivity contribution < 1.29 is 22.7 Å². The number of carboxylic acid groups (broad SMARTS) is 1. The number of hydrogen-bond acceptors (Lipinski definition) is 4. The third kappa shape index (κ3) is 2.60. The Morgan fingerprint density at radius 1 is 1.19 bits per heavy atom. The van der Waals surface area contributed by atoms with E-state index in [1.165, 1.54) is 29.3 Å². The van der Waals surface area contributed by atoms with E-state index in [-0.39, 0.29) is 16.9 Å². The molecule has 6 nitrogen and oxygen atoms in total. The van der Waals surface area contributed by atoms with Gasteiger partial charge in [0, 0.05) is 12.6 Å². The fourth-order valence-corrected chi connectivity index (χ4v) is 5.24. The number of furan rings is 1. The minimum atomic E-state index is -3.73. The Labute approximate surface area is 123 Å². The molecule has 2 heterocycles. The van der Waals surface area contributed by atoms with Crippen molar-refractivity contribution in [3.05, 3.63) is 17.9 Å². The van der Waals surface area contributed by atoms with E-state index < -0.39 is 16.0 Å². The van der Waals surface area contributed by atoms with Gasteiger partial charge in [0.05, 0.1) is 0 Å². The summed E-state index contributed by atoms with van der Waals surface area (Å²) in [4.78, 5) is 10.8. The van der Waals surface area contributed by atoms with E-state index in [9.17, 15) is 13.2 Å². The van der Waals surface area contributed by atoms with Gasteiger partial charge in [-0.15, -0.1) is 0 Å². The summed E-state index contributed by atoms with van der Waals surface area (Å²) >= 11 is 0. The normalized spacial score (nSPS) is 24.7. The van der Waals surface area contributed by atoms with Gasteiger partial charge in [-0.25, -0.2) is 13.2 Å². The highest BCUT2D eigenvalue weighted by atomic mass is 32.2. The van der Waals surface area contributed by atoms with Crippen molar-refractivity contribution in [2.75, 3.05) is 6.54 Å². The summed E-state index contributed by atoms with van der Waals surface area (Å²) < 4.78 is 31.9. The highest BCUT2D eigenvalue weighted by Gasteiger charge is 2.41. The molecule has 1 saturated carbocycles. The topological polar surface area (TPSA) is 87.8 Å². The van der Waals surface area contributed by atoms with Crippen molar-refractivity contribution in [1.29, 1.82) is 0 Å². The maximum atomic E-state index is 12.7. The molecule has 1 aromatic rings. The molecule has 0 amide bonds. The average molecular weight is 313 g/mol. The SMILES string of the molecule is O=C(O)c1ccc(S(=O)(=O)N2CCCC2C2CCCC2)o1. The quantitative estimate of drug-likeness (QED) is 0.921. The number of carboxylic acids is 1. The molecule has 3 rings (SSSR count). The van der Waals surface area contributed by atoms with Gasteiger partial charge in [-0.05, 0) is 43.7 Å². The predicted octanol–water partition coefficient (Wildman–Crippen LogP) is 2.32. The Bertz CT molecular complexity index is 630. The van der Waals surface area contributed by atoms with Gasteiger partial charge in [-0.1, -0.05) is 12.8 Å². The minimum Gasteiger partial charge on any atom is -0.475 e. The molecule has 1 atom stereocenters. The molecule has 1 unspecified atom stereocenters. The van der Waals surface area contributed by atoms with Gasteiger partial charge < -0.3 is 9.52 Å². The highest BCUT2D eigenvalue weighted by molar-refractivity contribution is 7.89. The number of nitrogens with zero attached hydrogens (tertiary/aromatic N) is 1. The van der Waals surface area contributed by atoms with Crippen LogP contribution in [-0.4, -0.2) is 36.4 Å². The third-order valence-electron chi connectivity index (χ3n) is 4.55. The van der Waals surface area contributed by atoms with Crippen LogP contribution in [0.1, 0.15) is 49.1 Å². The van der Waals surface area contributed by atoms with E-state index in [1.807, 2.05) is 0 Å². The predicted molar refractivity (Wildman–Crippen MR) is 74.5 cm³/mol. The lowest BCUT2D eigenvalue weighted by Crippen LogP contribution is -2.39. The molecule has 0 aromatic carbocycles. The molecule has 0 radical (unpaired) electrons. The monoisotopic (exact) mass is 313 g/mol. The van der Waals surface area contributed by atoms with Crippen LogP contribution < -0.4 is 0 Å². The van der Waals surface area contributed by atoms with E-state index in [4.69, 9.17) is 9.52 Å². The second-order valence-corrected chi connectivity index (χ2v) is 7.62. The first kappa shape index (κ1) is 14.6. The molecule has 7 heteroatoms. The summed E-state index contributed by atoms with van der Waals surface area (Å²) in [7, 11) is -3.73. The number of carbonyl (C=O) groups is 1. The van der Waals surface area contributed by atoms with Crippen LogP contribution in [0.5, 0.6) is 0 Å². The summed E-state index contributed by atoms with van der Waals surface area (Å²) in [5, 5.41) is 8.59. The molecule has 1 aliphatic carbocycles. The Morgan fingerprint density at radius 3 is 2.52 bits per heavy atom. The van der Waals surface area contributed by atoms with Crippen molar-refractivity contribution in [2.45, 2.75) is 49.7 Å². The number of sulfonamides is 1. The molecule has 1 N–H and O–H groups in total. The van der Waals surface area contributed by atoms with Gasteiger partial charge in [0.2, 0.25) is 10.9 Å². The summed E-state index contributed by atoms with van der Waals surface area (Å²) in [6.45, 7) is 0.493. The van der Waals surface area contributed by atoms with Crippen molar-refractivity contribution >= 4 is 16.0 Å². The first-order valence-corrected chi connectivity index (χ1v) is 8.79. The van der Waals surface area contributed by atoms with Gasteiger partial charge in [0.25, 0.3) is 10.0 Å². The molecule has 2 fully saturated rings. The summed E-state index contributed by atoms with van der Waals surface area (Å²) in [5.74, 6) is -1.17. The summed E-state index contributed by atoms with van der Waals surface area (Å²) in [6.07, 6.45) is 6.23. The largest absolute Gasteiger partial charge is 0.475 e. The molecular weight excluding hydrogens is 294 g/mol. The third-order valence-corrected chi connectivity index (χ3v) is 6.35. The molecular formula is C14H19NO5S. The zero-order valence-electron chi connectivity index (χ0n) is 11.7. The summed E-state index contributed by atoms with van der Waals surface area (Å²) in [6, 6.07) is 2.47. The van der Waals surface area contributed by atoms with Crippen LogP contribution in [0.4, 0.5) is 0 Å². The molecule has 1 saturated heterocycles. The van der Waals surface area contributed by atoms with Gasteiger partial charge in [0.1, 0.15) is 0 Å². The molecule has 21 heavy (non-hydrogen) atoms. The van der Waals surface area contributed by atoms with E-state index in [0.717, 1.165) is 25.7 Å². The molecule has 0 bridgehead atoms. The zero-order chi connectivity index (χ0) is 15.0. The van der Waals surface area contributed by atoms with Crippen molar-refractivity contribution in [3.8, 4) is 0 Å². The van der Waals surface area contributed by atoms with E-state index in [2.05, 4.69) is 0 Å². The fraction of sp³-hybridized carbons (Fsp3) is 0.643. The van der Waals surface area contributed by atoms with E-state index in [1.54, 1.807) is 0 Å². The van der Waals surface area contributed by atoms with Gasteiger partial charge in [-0.2, -0.15) is 4.31 Å². The van der Waals surface area contributed by atoms with Crippen LogP contribution in [-0.2, 0) is 10.0 Å². The Morgan fingerprint density at radius 2 is 1.90 bits per heavy atom. The Balaban J connectivity index is 1.87. The second-order valence-electron chi connectivity index (χ2n) is 5.79. The number of aromatic carboxylic acids is 1. The molecule has 116 valence electrons.